The lowest BCUT2D eigenvalue weighted by atomic mass is 10.3. The van der Waals surface area contributed by atoms with Crippen molar-refractivity contribution in [3.05, 3.63) is 40.1 Å². The molecule has 1 aromatic carbocycles. The maximum Gasteiger partial charge on any atom is 0.313 e. The number of carboxylic acids is 1. The van der Waals surface area contributed by atoms with Crippen LogP contribution in [-0.4, -0.2) is 26.4 Å². The number of hydrogen-bond acceptors (Lipinski definition) is 3. The molecule has 0 unspecified atom stereocenters. The molecule has 8 heteroatoms. The highest BCUT2D eigenvalue weighted by Crippen LogP contribution is 2.30. The van der Waals surface area contributed by atoms with E-state index >= 15 is 0 Å². The van der Waals surface area contributed by atoms with Gasteiger partial charge in [0.05, 0.1) is 11.4 Å². The first-order valence-electron chi connectivity index (χ1n) is 5.44. The Morgan fingerprint density at radius 1 is 1.50 bits per heavy atom. The molecule has 1 heterocycles. The molecular formula is C12H9BrF2N2O2S. The first-order valence-corrected chi connectivity index (χ1v) is 7.22. The predicted molar refractivity (Wildman–Crippen MR) is 74.3 cm³/mol. The van der Waals surface area contributed by atoms with E-state index in [0.717, 1.165) is 23.9 Å². The molecule has 2 aromatic rings. The number of carbonyl (C=O) groups is 1. The molecular weight excluding hydrogens is 354 g/mol. The smallest absolute Gasteiger partial charge is 0.313 e. The fourth-order valence-corrected chi connectivity index (χ4v) is 2.99. The third kappa shape index (κ3) is 3.01. The third-order valence-electron chi connectivity index (χ3n) is 2.44. The molecule has 106 valence electrons. The van der Waals surface area contributed by atoms with Crippen molar-refractivity contribution < 1.29 is 18.7 Å². The Labute approximate surface area is 125 Å². The number of aliphatic carboxylic acids is 1. The molecule has 0 saturated carbocycles. The van der Waals surface area contributed by atoms with Crippen LogP contribution >= 0.6 is 27.7 Å². The number of benzene rings is 1. The van der Waals surface area contributed by atoms with Gasteiger partial charge in [-0.25, -0.2) is 13.8 Å². The van der Waals surface area contributed by atoms with Gasteiger partial charge < -0.3 is 5.11 Å². The molecule has 0 aliphatic rings. The minimum absolute atomic E-state index is 0.106. The van der Waals surface area contributed by atoms with E-state index in [1.807, 2.05) is 0 Å². The van der Waals surface area contributed by atoms with Crippen LogP contribution in [-0.2, 0) is 4.79 Å². The number of imidazole rings is 1. The van der Waals surface area contributed by atoms with Crippen LogP contribution in [0.1, 0.15) is 5.69 Å². The number of nitrogens with zero attached hydrogens (tertiary/aromatic N) is 2. The van der Waals surface area contributed by atoms with E-state index in [-0.39, 0.29) is 15.9 Å². The van der Waals surface area contributed by atoms with Crippen LogP contribution in [0.25, 0.3) is 5.69 Å². The minimum Gasteiger partial charge on any atom is -0.481 e. The summed E-state index contributed by atoms with van der Waals surface area (Å²) < 4.78 is 28.8. The average molecular weight is 363 g/mol. The van der Waals surface area contributed by atoms with Crippen LogP contribution in [0.5, 0.6) is 0 Å². The zero-order chi connectivity index (χ0) is 14.9. The lowest BCUT2D eigenvalue weighted by molar-refractivity contribution is -0.133. The van der Waals surface area contributed by atoms with Gasteiger partial charge in [-0.15, -0.1) is 0 Å². The fourth-order valence-electron chi connectivity index (χ4n) is 1.66. The second-order valence-electron chi connectivity index (χ2n) is 3.92. The standard InChI is InChI=1S/C12H9BrF2N2O2S/c1-6-4-16-12(20-5-10(18)19)17(6)11-8(13)2-7(14)3-9(11)15/h2-4H,5H2,1H3,(H,18,19). The highest BCUT2D eigenvalue weighted by atomic mass is 79.9. The molecule has 4 nitrogen and oxygen atoms in total. The highest BCUT2D eigenvalue weighted by molar-refractivity contribution is 9.10. The van der Waals surface area contributed by atoms with E-state index in [1.165, 1.54) is 10.8 Å². The zero-order valence-corrected chi connectivity index (χ0v) is 12.6. The Balaban J connectivity index is 2.52. The maximum absolute atomic E-state index is 14.0. The Hall–Kier alpha value is -1.41. The molecule has 0 fully saturated rings. The van der Waals surface area contributed by atoms with Crippen LogP contribution in [0.3, 0.4) is 0 Å². The van der Waals surface area contributed by atoms with Gasteiger partial charge in [-0.2, -0.15) is 0 Å². The predicted octanol–water partition coefficient (Wildman–Crippen LogP) is 3.40. The molecule has 2 rings (SSSR count). The molecule has 1 aromatic heterocycles. The molecule has 0 bridgehead atoms. The molecule has 0 amide bonds. The maximum atomic E-state index is 14.0. The third-order valence-corrected chi connectivity index (χ3v) is 3.98. The van der Waals surface area contributed by atoms with Crippen molar-refractivity contribution in [1.82, 2.24) is 9.55 Å². The molecule has 0 saturated heterocycles. The number of thioether (sulfide) groups is 1. The van der Waals surface area contributed by atoms with Gasteiger partial charge in [0.15, 0.2) is 11.0 Å². The molecule has 20 heavy (non-hydrogen) atoms. The molecule has 0 radical (unpaired) electrons. The van der Waals surface area contributed by atoms with E-state index in [2.05, 4.69) is 20.9 Å². The second kappa shape index (κ2) is 5.92. The lowest BCUT2D eigenvalue weighted by Gasteiger charge is -2.12. The number of aryl methyl sites for hydroxylation is 1. The minimum atomic E-state index is -0.999. The van der Waals surface area contributed by atoms with Crippen molar-refractivity contribution in [2.75, 3.05) is 5.75 Å². The first kappa shape index (κ1) is 15.0. The van der Waals surface area contributed by atoms with Crippen molar-refractivity contribution in [1.29, 1.82) is 0 Å². The number of carboxylic acid groups (broad SMARTS) is 1. The Kier molecular flexibility index (Phi) is 4.44. The van der Waals surface area contributed by atoms with E-state index in [9.17, 15) is 13.6 Å². The number of halogens is 3. The van der Waals surface area contributed by atoms with E-state index in [1.54, 1.807) is 6.92 Å². The number of hydrogen-bond donors (Lipinski definition) is 1. The monoisotopic (exact) mass is 362 g/mol. The van der Waals surface area contributed by atoms with Gasteiger partial charge in [-0.05, 0) is 28.9 Å². The molecule has 0 spiro atoms. The van der Waals surface area contributed by atoms with E-state index in [4.69, 9.17) is 5.11 Å². The topological polar surface area (TPSA) is 55.1 Å². The fraction of sp³-hybridized carbons (Fsp3) is 0.167. The Bertz CT molecular complexity index is 652. The van der Waals surface area contributed by atoms with Crippen molar-refractivity contribution in [3.8, 4) is 5.69 Å². The van der Waals surface area contributed by atoms with Gasteiger partial charge in [-0.1, -0.05) is 11.8 Å². The van der Waals surface area contributed by atoms with Gasteiger partial charge >= 0.3 is 5.97 Å². The summed E-state index contributed by atoms with van der Waals surface area (Å²) in [5, 5.41) is 9.03. The summed E-state index contributed by atoms with van der Waals surface area (Å²) in [7, 11) is 0. The molecule has 0 aliphatic carbocycles. The molecule has 0 atom stereocenters. The first-order chi connectivity index (χ1) is 9.40. The van der Waals surface area contributed by atoms with Gasteiger partial charge in [-0.3, -0.25) is 9.36 Å². The summed E-state index contributed by atoms with van der Waals surface area (Å²) in [6, 6.07) is 1.91. The van der Waals surface area contributed by atoms with Gasteiger partial charge in [0.1, 0.15) is 5.82 Å². The van der Waals surface area contributed by atoms with Crippen molar-refractivity contribution in [3.63, 3.8) is 0 Å². The van der Waals surface area contributed by atoms with Gasteiger partial charge in [0, 0.05) is 22.4 Å². The largest absolute Gasteiger partial charge is 0.481 e. The summed E-state index contributed by atoms with van der Waals surface area (Å²) in [5.41, 5.74) is 0.721. The van der Waals surface area contributed by atoms with Crippen molar-refractivity contribution in [2.45, 2.75) is 12.1 Å². The van der Waals surface area contributed by atoms with E-state index < -0.39 is 17.6 Å². The average Bonchev–Trinajstić information content (AvgIpc) is 2.67. The quantitative estimate of drug-likeness (QED) is 0.846. The van der Waals surface area contributed by atoms with E-state index in [0.29, 0.717) is 10.9 Å². The van der Waals surface area contributed by atoms with Crippen LogP contribution in [0, 0.1) is 18.6 Å². The summed E-state index contributed by atoms with van der Waals surface area (Å²) in [6.07, 6.45) is 1.50. The second-order valence-corrected chi connectivity index (χ2v) is 5.71. The summed E-state index contributed by atoms with van der Waals surface area (Å²) in [6.45, 7) is 1.70. The van der Waals surface area contributed by atoms with Crippen LogP contribution in [0.15, 0.2) is 28.0 Å². The van der Waals surface area contributed by atoms with Crippen LogP contribution < -0.4 is 0 Å². The van der Waals surface area contributed by atoms with Crippen LogP contribution in [0.4, 0.5) is 8.78 Å². The summed E-state index contributed by atoms with van der Waals surface area (Å²) in [4.78, 5) is 14.7. The Morgan fingerprint density at radius 2 is 2.20 bits per heavy atom. The normalized spacial score (nSPS) is 10.8. The zero-order valence-electron chi connectivity index (χ0n) is 10.2. The Morgan fingerprint density at radius 3 is 2.80 bits per heavy atom. The molecule has 0 aliphatic heterocycles. The SMILES string of the molecule is Cc1cnc(SCC(=O)O)n1-c1c(F)cc(F)cc1Br. The van der Waals surface area contributed by atoms with Gasteiger partial charge in [0.25, 0.3) is 0 Å². The summed E-state index contributed by atoms with van der Waals surface area (Å²) in [5.74, 6) is -2.65. The van der Waals surface area contributed by atoms with Crippen LogP contribution in [0.2, 0.25) is 0 Å². The number of aromatic nitrogens is 2. The van der Waals surface area contributed by atoms with Gasteiger partial charge in [0.2, 0.25) is 0 Å². The molecule has 1 N–H and O–H groups in total. The summed E-state index contributed by atoms with van der Waals surface area (Å²) >= 11 is 4.08. The number of rotatable bonds is 4. The van der Waals surface area contributed by atoms with Crippen molar-refractivity contribution in [2.24, 2.45) is 0 Å². The van der Waals surface area contributed by atoms with Crippen molar-refractivity contribution >= 4 is 33.7 Å². The highest BCUT2D eigenvalue weighted by Gasteiger charge is 2.18. The lowest BCUT2D eigenvalue weighted by Crippen LogP contribution is -2.06.